The van der Waals surface area contributed by atoms with Gasteiger partial charge < -0.3 is 14.3 Å². The van der Waals surface area contributed by atoms with Crippen LogP contribution in [0.2, 0.25) is 0 Å². The minimum Gasteiger partial charge on any atom is -0.444 e. The van der Waals surface area contributed by atoms with Crippen LogP contribution in [0.1, 0.15) is 28.8 Å². The van der Waals surface area contributed by atoms with E-state index in [1.165, 1.54) is 0 Å². The van der Waals surface area contributed by atoms with Crippen molar-refractivity contribution in [2.45, 2.75) is 33.9 Å². The maximum atomic E-state index is 5.44. The highest BCUT2D eigenvalue weighted by Crippen LogP contribution is 2.08. The van der Waals surface area contributed by atoms with E-state index in [-0.39, 0.29) is 0 Å². The average molecular weight is 221 g/mol. The summed E-state index contributed by atoms with van der Waals surface area (Å²) in [5.41, 5.74) is 1.83. The van der Waals surface area contributed by atoms with Gasteiger partial charge in [-0.2, -0.15) is 0 Å². The summed E-state index contributed by atoms with van der Waals surface area (Å²) in [6, 6.07) is 1.90. The van der Waals surface area contributed by atoms with Gasteiger partial charge in [0.05, 0.1) is 24.5 Å². The van der Waals surface area contributed by atoms with Crippen LogP contribution in [0.15, 0.2) is 15.0 Å². The second-order valence-electron chi connectivity index (χ2n) is 3.79. The molecular weight excluding hydrogens is 206 g/mol. The van der Waals surface area contributed by atoms with Gasteiger partial charge in [0, 0.05) is 6.07 Å². The molecule has 0 fully saturated rings. The minimum atomic E-state index is 0.592. The summed E-state index contributed by atoms with van der Waals surface area (Å²) in [5.74, 6) is 2.39. The molecule has 86 valence electrons. The lowest BCUT2D eigenvalue weighted by molar-refractivity contribution is 0.363. The van der Waals surface area contributed by atoms with Crippen LogP contribution in [-0.4, -0.2) is 10.1 Å². The molecule has 0 unspecified atom stereocenters. The first-order chi connectivity index (χ1) is 7.65. The fourth-order valence-corrected chi connectivity index (χ4v) is 1.41. The Balaban J connectivity index is 1.84. The molecule has 0 atom stereocenters. The van der Waals surface area contributed by atoms with Crippen LogP contribution in [0.3, 0.4) is 0 Å². The van der Waals surface area contributed by atoms with Crippen LogP contribution >= 0.6 is 0 Å². The summed E-state index contributed by atoms with van der Waals surface area (Å²) in [6.07, 6.45) is 0. The number of nitrogens with one attached hydrogen (secondary N) is 1. The summed E-state index contributed by atoms with van der Waals surface area (Å²) in [7, 11) is 0. The molecular formula is C11H15N3O2. The second-order valence-corrected chi connectivity index (χ2v) is 3.79. The number of aromatic nitrogens is 2. The molecule has 2 aromatic rings. The van der Waals surface area contributed by atoms with Crippen molar-refractivity contribution in [1.29, 1.82) is 0 Å². The van der Waals surface area contributed by atoms with Crippen LogP contribution in [0.4, 0.5) is 0 Å². The summed E-state index contributed by atoms with van der Waals surface area (Å²) in [6.45, 7) is 6.96. The molecule has 0 aliphatic rings. The Bertz CT molecular complexity index is 454. The van der Waals surface area contributed by atoms with Gasteiger partial charge in [-0.1, -0.05) is 5.16 Å². The van der Waals surface area contributed by atoms with Crippen LogP contribution in [-0.2, 0) is 13.1 Å². The van der Waals surface area contributed by atoms with Gasteiger partial charge >= 0.3 is 0 Å². The number of oxazole rings is 1. The molecule has 5 heteroatoms. The molecule has 0 amide bonds. The zero-order valence-electron chi connectivity index (χ0n) is 9.70. The Morgan fingerprint density at radius 2 is 2.06 bits per heavy atom. The molecule has 0 radical (unpaired) electrons. The van der Waals surface area contributed by atoms with E-state index >= 15 is 0 Å². The highest BCUT2D eigenvalue weighted by atomic mass is 16.5. The number of rotatable bonds is 4. The molecule has 0 aliphatic heterocycles. The lowest BCUT2D eigenvalue weighted by Crippen LogP contribution is -2.12. The van der Waals surface area contributed by atoms with E-state index in [2.05, 4.69) is 15.5 Å². The second kappa shape index (κ2) is 4.49. The summed E-state index contributed by atoms with van der Waals surface area (Å²) < 4.78 is 10.5. The van der Waals surface area contributed by atoms with Crippen LogP contribution in [0, 0.1) is 20.8 Å². The molecule has 0 saturated carbocycles. The van der Waals surface area contributed by atoms with E-state index in [1.54, 1.807) is 0 Å². The first-order valence-electron chi connectivity index (χ1n) is 5.21. The smallest absolute Gasteiger partial charge is 0.208 e. The SMILES string of the molecule is Cc1cc(CNCc2nc(C)c(C)o2)on1. The highest BCUT2D eigenvalue weighted by Gasteiger charge is 2.05. The number of aryl methyl sites for hydroxylation is 3. The quantitative estimate of drug-likeness (QED) is 0.853. The average Bonchev–Trinajstić information content (AvgIpc) is 2.75. The van der Waals surface area contributed by atoms with E-state index < -0.39 is 0 Å². The Hall–Kier alpha value is -1.62. The van der Waals surface area contributed by atoms with E-state index in [0.717, 1.165) is 22.9 Å². The molecule has 0 aliphatic carbocycles. The van der Waals surface area contributed by atoms with Crippen molar-refractivity contribution in [2.24, 2.45) is 0 Å². The molecule has 1 N–H and O–H groups in total. The Kier molecular flexibility index (Phi) is 3.05. The topological polar surface area (TPSA) is 64.1 Å². The van der Waals surface area contributed by atoms with Gasteiger partial charge in [-0.3, -0.25) is 0 Å². The normalized spacial score (nSPS) is 10.9. The summed E-state index contributed by atoms with van der Waals surface area (Å²) in [4.78, 5) is 4.27. The number of hydrogen-bond acceptors (Lipinski definition) is 5. The van der Waals surface area contributed by atoms with Crippen molar-refractivity contribution in [1.82, 2.24) is 15.5 Å². The monoisotopic (exact) mass is 221 g/mol. The maximum Gasteiger partial charge on any atom is 0.208 e. The van der Waals surface area contributed by atoms with Crippen molar-refractivity contribution in [3.63, 3.8) is 0 Å². The molecule has 0 bridgehead atoms. The van der Waals surface area contributed by atoms with Crippen LogP contribution in [0.5, 0.6) is 0 Å². The van der Waals surface area contributed by atoms with E-state index in [9.17, 15) is 0 Å². The lowest BCUT2D eigenvalue weighted by atomic mass is 10.4. The third-order valence-electron chi connectivity index (χ3n) is 2.33. The van der Waals surface area contributed by atoms with Gasteiger partial charge in [-0.05, 0) is 20.8 Å². The third-order valence-corrected chi connectivity index (χ3v) is 2.33. The first-order valence-corrected chi connectivity index (χ1v) is 5.21. The Morgan fingerprint density at radius 3 is 2.62 bits per heavy atom. The molecule has 2 heterocycles. The first kappa shape index (κ1) is 10.9. The van der Waals surface area contributed by atoms with Gasteiger partial charge in [0.2, 0.25) is 5.89 Å². The summed E-state index contributed by atoms with van der Waals surface area (Å²) >= 11 is 0. The molecule has 0 spiro atoms. The molecule has 5 nitrogen and oxygen atoms in total. The van der Waals surface area contributed by atoms with Crippen molar-refractivity contribution in [2.75, 3.05) is 0 Å². The Labute approximate surface area is 93.8 Å². The third kappa shape index (κ3) is 2.49. The van der Waals surface area contributed by atoms with E-state index in [4.69, 9.17) is 8.94 Å². The molecule has 16 heavy (non-hydrogen) atoms. The van der Waals surface area contributed by atoms with Crippen molar-refractivity contribution in [3.05, 3.63) is 34.9 Å². The van der Waals surface area contributed by atoms with Gasteiger partial charge in [0.1, 0.15) is 5.76 Å². The predicted molar refractivity (Wildman–Crippen MR) is 57.8 cm³/mol. The highest BCUT2D eigenvalue weighted by molar-refractivity contribution is 5.05. The molecule has 2 rings (SSSR count). The number of hydrogen-bond donors (Lipinski definition) is 1. The van der Waals surface area contributed by atoms with Gasteiger partial charge in [-0.25, -0.2) is 4.98 Å². The standard InChI is InChI=1S/C11H15N3O2/c1-7-4-10(16-14-7)5-12-6-11-13-8(2)9(3)15-11/h4,12H,5-6H2,1-3H3. The molecule has 0 saturated heterocycles. The predicted octanol–water partition coefficient (Wildman–Crippen LogP) is 1.88. The van der Waals surface area contributed by atoms with Gasteiger partial charge in [0.25, 0.3) is 0 Å². The zero-order chi connectivity index (χ0) is 11.5. The Morgan fingerprint density at radius 1 is 1.25 bits per heavy atom. The van der Waals surface area contributed by atoms with Crippen LogP contribution < -0.4 is 5.32 Å². The fraction of sp³-hybridized carbons (Fsp3) is 0.455. The molecule has 0 aromatic carbocycles. The van der Waals surface area contributed by atoms with Crippen molar-refractivity contribution < 1.29 is 8.94 Å². The zero-order valence-corrected chi connectivity index (χ0v) is 9.70. The maximum absolute atomic E-state index is 5.44. The minimum absolute atomic E-state index is 0.592. The number of nitrogens with zero attached hydrogens (tertiary/aromatic N) is 2. The van der Waals surface area contributed by atoms with Gasteiger partial charge in [-0.15, -0.1) is 0 Å². The van der Waals surface area contributed by atoms with Gasteiger partial charge in [0.15, 0.2) is 5.76 Å². The summed E-state index contributed by atoms with van der Waals surface area (Å²) in [5, 5.41) is 6.99. The lowest BCUT2D eigenvalue weighted by Gasteiger charge is -1.97. The van der Waals surface area contributed by atoms with E-state index in [1.807, 2.05) is 26.8 Å². The van der Waals surface area contributed by atoms with Crippen LogP contribution in [0.25, 0.3) is 0 Å². The molecule has 2 aromatic heterocycles. The van der Waals surface area contributed by atoms with Crippen molar-refractivity contribution in [3.8, 4) is 0 Å². The largest absolute Gasteiger partial charge is 0.444 e. The fourth-order valence-electron chi connectivity index (χ4n) is 1.41. The van der Waals surface area contributed by atoms with Crippen molar-refractivity contribution >= 4 is 0 Å². The van der Waals surface area contributed by atoms with E-state index in [0.29, 0.717) is 19.0 Å².